The van der Waals surface area contributed by atoms with Gasteiger partial charge in [0.2, 0.25) is 11.8 Å². The summed E-state index contributed by atoms with van der Waals surface area (Å²) >= 11 is 0. The van der Waals surface area contributed by atoms with Crippen LogP contribution < -0.4 is 20.9 Å². The number of carbonyl (C=O) groups excluding carboxylic acids is 3. The highest BCUT2D eigenvalue weighted by Gasteiger charge is 2.35. The van der Waals surface area contributed by atoms with E-state index in [-0.39, 0.29) is 24.3 Å². The number of nitrogens with zero attached hydrogens (tertiary/aromatic N) is 1. The monoisotopic (exact) mass is 578 g/mol. The van der Waals surface area contributed by atoms with Crippen LogP contribution in [0.4, 0.5) is 5.69 Å². The molecule has 222 valence electrons. The largest absolute Gasteiger partial charge is 0.468 e. The van der Waals surface area contributed by atoms with Crippen LogP contribution in [0.15, 0.2) is 95.6 Å². The summed E-state index contributed by atoms with van der Waals surface area (Å²) in [5, 5.41) is 9.17. The number of hydrogen-bond donors (Lipinski definition) is 3. The fourth-order valence-corrected chi connectivity index (χ4v) is 5.34. The zero-order valence-corrected chi connectivity index (χ0v) is 24.9. The standard InChI is InChI=1S/C35H38N4O4/c1-4-36-32(40)29-21-24(16-18-28(29)25-11-6-5-7-12-25)23-39-31-15-9-8-13-26(31)17-19-30(33(39)41)38-34(42)35(2,3)37-22-27-14-10-20-43-27/h5-16,18,20-21,30,37H,4,17,19,22-23H2,1-3H3,(H,36,40)(H,38,42)/t30-/m1/s1. The molecule has 0 aliphatic carbocycles. The van der Waals surface area contributed by atoms with Crippen LogP contribution >= 0.6 is 0 Å². The second-order valence-corrected chi connectivity index (χ2v) is 11.3. The summed E-state index contributed by atoms with van der Waals surface area (Å²) in [7, 11) is 0. The Hall–Kier alpha value is -4.69. The Bertz CT molecular complexity index is 1580. The van der Waals surface area contributed by atoms with Crippen LogP contribution in [0.2, 0.25) is 0 Å². The molecule has 0 radical (unpaired) electrons. The Morgan fingerprint density at radius 3 is 2.49 bits per heavy atom. The van der Waals surface area contributed by atoms with E-state index in [1.807, 2.05) is 85.8 Å². The number of aryl methyl sites for hydroxylation is 1. The van der Waals surface area contributed by atoms with Gasteiger partial charge in [0.15, 0.2) is 0 Å². The SMILES string of the molecule is CCNC(=O)c1cc(CN2C(=O)[C@H](NC(=O)C(C)(C)NCc3ccco3)CCc3ccccc32)ccc1-c1ccccc1. The van der Waals surface area contributed by atoms with Crippen molar-refractivity contribution < 1.29 is 18.8 Å². The molecule has 0 fully saturated rings. The van der Waals surface area contributed by atoms with Crippen molar-refractivity contribution in [3.05, 3.63) is 114 Å². The predicted molar refractivity (Wildman–Crippen MR) is 167 cm³/mol. The van der Waals surface area contributed by atoms with E-state index < -0.39 is 11.6 Å². The lowest BCUT2D eigenvalue weighted by molar-refractivity contribution is -0.131. The van der Waals surface area contributed by atoms with Gasteiger partial charge in [-0.3, -0.25) is 19.7 Å². The van der Waals surface area contributed by atoms with Gasteiger partial charge in [0.1, 0.15) is 11.8 Å². The van der Waals surface area contributed by atoms with Crippen molar-refractivity contribution in [2.45, 2.75) is 58.3 Å². The lowest BCUT2D eigenvalue weighted by Crippen LogP contribution is -2.57. The summed E-state index contributed by atoms with van der Waals surface area (Å²) in [5.74, 6) is 0.0967. The highest BCUT2D eigenvalue weighted by atomic mass is 16.3. The van der Waals surface area contributed by atoms with Gasteiger partial charge in [-0.2, -0.15) is 0 Å². The van der Waals surface area contributed by atoms with E-state index in [2.05, 4.69) is 16.0 Å². The first-order valence-electron chi connectivity index (χ1n) is 14.7. The van der Waals surface area contributed by atoms with Gasteiger partial charge in [0.25, 0.3) is 5.91 Å². The number of fused-ring (bicyclic) bond motifs is 1. The highest BCUT2D eigenvalue weighted by molar-refractivity contribution is 6.02. The van der Waals surface area contributed by atoms with Crippen LogP contribution in [0, 0.1) is 0 Å². The molecule has 0 bridgehead atoms. The molecular formula is C35H38N4O4. The summed E-state index contributed by atoms with van der Waals surface area (Å²) in [6, 6.07) is 26.3. The molecular weight excluding hydrogens is 540 g/mol. The van der Waals surface area contributed by atoms with Crippen molar-refractivity contribution >= 4 is 23.4 Å². The Morgan fingerprint density at radius 2 is 1.74 bits per heavy atom. The van der Waals surface area contributed by atoms with Crippen molar-refractivity contribution in [1.82, 2.24) is 16.0 Å². The van der Waals surface area contributed by atoms with Gasteiger partial charge in [-0.25, -0.2) is 0 Å². The molecule has 0 saturated heterocycles. The number of hydrogen-bond acceptors (Lipinski definition) is 5. The van der Waals surface area contributed by atoms with E-state index in [9.17, 15) is 14.4 Å². The zero-order valence-electron chi connectivity index (χ0n) is 24.9. The number of para-hydroxylation sites is 1. The fraction of sp³-hybridized carbons (Fsp3) is 0.286. The average Bonchev–Trinajstić information content (AvgIpc) is 3.51. The van der Waals surface area contributed by atoms with Gasteiger partial charge < -0.3 is 20.0 Å². The fourth-order valence-electron chi connectivity index (χ4n) is 5.34. The van der Waals surface area contributed by atoms with Crippen LogP contribution in [0.5, 0.6) is 0 Å². The minimum absolute atomic E-state index is 0.166. The molecule has 3 aromatic carbocycles. The molecule has 1 atom stereocenters. The van der Waals surface area contributed by atoms with Crippen LogP contribution in [0.1, 0.15) is 54.4 Å². The Morgan fingerprint density at radius 1 is 0.977 bits per heavy atom. The maximum atomic E-state index is 14.1. The van der Waals surface area contributed by atoms with Crippen molar-refractivity contribution in [1.29, 1.82) is 0 Å². The molecule has 1 aliphatic rings. The van der Waals surface area contributed by atoms with Gasteiger partial charge >= 0.3 is 0 Å². The lowest BCUT2D eigenvalue weighted by atomic mass is 9.96. The van der Waals surface area contributed by atoms with Crippen molar-refractivity contribution in [3.63, 3.8) is 0 Å². The Labute approximate surface area is 252 Å². The maximum Gasteiger partial charge on any atom is 0.251 e. The van der Waals surface area contributed by atoms with Gasteiger partial charge in [-0.1, -0.05) is 60.7 Å². The number of rotatable bonds is 10. The lowest BCUT2D eigenvalue weighted by Gasteiger charge is -2.30. The molecule has 4 aromatic rings. The summed E-state index contributed by atoms with van der Waals surface area (Å²) in [5.41, 5.74) is 4.04. The quantitative estimate of drug-likeness (QED) is 0.239. The first-order chi connectivity index (χ1) is 20.8. The topological polar surface area (TPSA) is 104 Å². The average molecular weight is 579 g/mol. The molecule has 0 spiro atoms. The molecule has 3 amide bonds. The minimum Gasteiger partial charge on any atom is -0.468 e. The third-order valence-corrected chi connectivity index (χ3v) is 7.80. The number of nitrogens with one attached hydrogen (secondary N) is 3. The van der Waals surface area contributed by atoms with E-state index in [4.69, 9.17) is 4.42 Å². The normalized spacial score (nSPS) is 15.0. The van der Waals surface area contributed by atoms with Gasteiger partial charge in [0.05, 0.1) is 24.9 Å². The van der Waals surface area contributed by atoms with E-state index in [0.717, 1.165) is 33.7 Å². The molecule has 2 heterocycles. The number of carbonyl (C=O) groups is 3. The van der Waals surface area contributed by atoms with E-state index in [1.54, 1.807) is 31.1 Å². The van der Waals surface area contributed by atoms with Crippen LogP contribution in [0.3, 0.4) is 0 Å². The number of benzene rings is 3. The molecule has 1 aromatic heterocycles. The summed E-state index contributed by atoms with van der Waals surface area (Å²) in [6.07, 6.45) is 2.71. The van der Waals surface area contributed by atoms with Crippen molar-refractivity contribution in [2.24, 2.45) is 0 Å². The molecule has 3 N–H and O–H groups in total. The molecule has 0 saturated carbocycles. The first-order valence-corrected chi connectivity index (χ1v) is 14.7. The second kappa shape index (κ2) is 13.1. The predicted octanol–water partition coefficient (Wildman–Crippen LogP) is 5.23. The van der Waals surface area contributed by atoms with E-state index >= 15 is 0 Å². The third kappa shape index (κ3) is 6.87. The maximum absolute atomic E-state index is 14.1. The van der Waals surface area contributed by atoms with Gasteiger partial charge in [-0.05, 0) is 80.1 Å². The summed E-state index contributed by atoms with van der Waals surface area (Å²) in [6.45, 7) is 6.61. The molecule has 8 nitrogen and oxygen atoms in total. The summed E-state index contributed by atoms with van der Waals surface area (Å²) < 4.78 is 5.39. The van der Waals surface area contributed by atoms with Gasteiger partial charge in [0, 0.05) is 17.8 Å². The zero-order chi connectivity index (χ0) is 30.4. The van der Waals surface area contributed by atoms with E-state index in [1.165, 1.54) is 0 Å². The molecule has 5 rings (SSSR count). The van der Waals surface area contributed by atoms with Crippen molar-refractivity contribution in [2.75, 3.05) is 11.4 Å². The summed E-state index contributed by atoms with van der Waals surface area (Å²) in [4.78, 5) is 42.4. The number of anilines is 1. The van der Waals surface area contributed by atoms with Crippen LogP contribution in [0.25, 0.3) is 11.1 Å². The first kappa shape index (κ1) is 29.8. The second-order valence-electron chi connectivity index (χ2n) is 11.3. The van der Waals surface area contributed by atoms with E-state index in [0.29, 0.717) is 31.5 Å². The number of furan rings is 1. The van der Waals surface area contributed by atoms with Crippen LogP contribution in [-0.2, 0) is 29.1 Å². The number of amides is 3. The van der Waals surface area contributed by atoms with Gasteiger partial charge in [-0.15, -0.1) is 0 Å². The molecule has 0 unspecified atom stereocenters. The third-order valence-electron chi connectivity index (χ3n) is 7.80. The molecule has 43 heavy (non-hydrogen) atoms. The minimum atomic E-state index is -0.939. The van der Waals surface area contributed by atoms with Crippen LogP contribution in [-0.4, -0.2) is 35.8 Å². The Kier molecular flexibility index (Phi) is 9.07. The molecule has 8 heteroatoms. The van der Waals surface area contributed by atoms with Crippen molar-refractivity contribution in [3.8, 4) is 11.1 Å². The smallest absolute Gasteiger partial charge is 0.251 e. The highest BCUT2D eigenvalue weighted by Crippen LogP contribution is 2.31. The molecule has 1 aliphatic heterocycles. The Balaban J connectivity index is 1.41.